The van der Waals surface area contributed by atoms with Gasteiger partial charge in [0.2, 0.25) is 0 Å². The van der Waals surface area contributed by atoms with Crippen molar-refractivity contribution in [2.24, 2.45) is 0 Å². The first-order chi connectivity index (χ1) is 11.8. The van der Waals surface area contributed by atoms with Crippen molar-refractivity contribution in [1.29, 1.82) is 0 Å². The van der Waals surface area contributed by atoms with Gasteiger partial charge < -0.3 is 0 Å². The molecule has 0 N–H and O–H groups in total. The van der Waals surface area contributed by atoms with E-state index in [1.165, 1.54) is 30.4 Å². The second kappa shape index (κ2) is 5.64. The molecule has 142 valence electrons. The van der Waals surface area contributed by atoms with E-state index in [4.69, 9.17) is 0 Å². The van der Waals surface area contributed by atoms with Crippen molar-refractivity contribution in [3.05, 3.63) is 58.0 Å². The summed E-state index contributed by atoms with van der Waals surface area (Å²) in [6.07, 6.45) is 4.93. The Balaban J connectivity index is 2.31. The summed E-state index contributed by atoms with van der Waals surface area (Å²) in [5, 5.41) is 0. The normalized spacial score (nSPS) is 25.0. The fourth-order valence-electron chi connectivity index (χ4n) is 2.53. The molecule has 0 fully saturated rings. The topological polar surface area (TPSA) is 43.4 Å². The van der Waals surface area contributed by atoms with E-state index < -0.39 is 41.2 Å². The predicted molar refractivity (Wildman–Crippen MR) is 84.4 cm³/mol. The van der Waals surface area contributed by atoms with Gasteiger partial charge in [-0.15, -0.1) is 0 Å². The van der Waals surface area contributed by atoms with Gasteiger partial charge in [0.1, 0.15) is 0 Å². The fraction of sp³-hybridized carbons (Fsp3) is 0.200. The minimum absolute atomic E-state index is 0.0223. The van der Waals surface area contributed by atoms with E-state index in [-0.39, 0.29) is 11.1 Å². The molecule has 1 aromatic rings. The lowest BCUT2D eigenvalue weighted by Gasteiger charge is -2.40. The highest BCUT2D eigenvalue weighted by Crippen LogP contribution is 2.79. The minimum atomic E-state index is -6.50. The Morgan fingerprint density at radius 2 is 1.69 bits per heavy atom. The number of hydrogen-bond donors (Lipinski definition) is 0. The lowest BCUT2D eigenvalue weighted by atomic mass is 10.1. The lowest BCUT2D eigenvalue weighted by molar-refractivity contribution is -0.0545. The molecular formula is C15H10F6O3S2. The maximum Gasteiger partial charge on any atom is 0.523 e. The van der Waals surface area contributed by atoms with E-state index in [2.05, 4.69) is 3.63 Å². The third kappa shape index (κ3) is 2.69. The third-order valence-corrected chi connectivity index (χ3v) is 8.42. The monoisotopic (exact) mass is 416 g/mol. The van der Waals surface area contributed by atoms with Crippen molar-refractivity contribution in [3.8, 4) is 0 Å². The summed E-state index contributed by atoms with van der Waals surface area (Å²) in [4.78, 5) is -1.25. The molecule has 1 atom stereocenters. The van der Waals surface area contributed by atoms with E-state index in [1.807, 2.05) is 0 Å². The molecule has 1 aliphatic carbocycles. The van der Waals surface area contributed by atoms with E-state index in [0.717, 1.165) is 12.1 Å². The quantitative estimate of drug-likeness (QED) is 0.496. The van der Waals surface area contributed by atoms with Crippen LogP contribution in [-0.2, 0) is 13.7 Å². The van der Waals surface area contributed by atoms with Gasteiger partial charge >= 0.3 is 21.1 Å². The van der Waals surface area contributed by atoms with Gasteiger partial charge in [-0.05, 0) is 30.2 Å². The van der Waals surface area contributed by atoms with Crippen molar-refractivity contribution in [2.45, 2.75) is 22.8 Å². The number of fused-ring (bicyclic) bond motifs is 1. The van der Waals surface area contributed by atoms with Gasteiger partial charge in [0.25, 0.3) is 0 Å². The van der Waals surface area contributed by atoms with E-state index >= 15 is 0 Å². The maximum absolute atomic E-state index is 14.1. The number of alkyl halides is 6. The van der Waals surface area contributed by atoms with Gasteiger partial charge in [0.05, 0.1) is 0 Å². The summed E-state index contributed by atoms with van der Waals surface area (Å²) in [6, 6.07) is 3.56. The van der Waals surface area contributed by atoms with Crippen LogP contribution in [0.25, 0.3) is 6.08 Å². The Bertz CT molecular complexity index is 970. The average molecular weight is 416 g/mol. The lowest BCUT2D eigenvalue weighted by Crippen LogP contribution is -2.32. The summed E-state index contributed by atoms with van der Waals surface area (Å²) in [7, 11) is -11.5. The van der Waals surface area contributed by atoms with Gasteiger partial charge in [-0.25, -0.2) is 0 Å². The molecule has 3 rings (SSSR count). The van der Waals surface area contributed by atoms with Crippen molar-refractivity contribution in [3.63, 3.8) is 0 Å². The van der Waals surface area contributed by atoms with Crippen LogP contribution in [0.3, 0.4) is 0 Å². The molecule has 0 saturated heterocycles. The molecular weight excluding hydrogens is 406 g/mol. The zero-order valence-corrected chi connectivity index (χ0v) is 14.5. The van der Waals surface area contributed by atoms with Crippen molar-refractivity contribution >= 4 is 26.5 Å². The minimum Gasteiger partial charge on any atom is -0.196 e. The zero-order valence-electron chi connectivity index (χ0n) is 12.9. The SMILES string of the molecule is Cc1ccc2c(c1)C=C(C1=CC=C1)S2(OS(=O)(=O)C(F)(F)F)C(F)(F)F. The van der Waals surface area contributed by atoms with E-state index in [1.54, 1.807) is 6.92 Å². The van der Waals surface area contributed by atoms with E-state index in [0.29, 0.717) is 5.56 Å². The maximum atomic E-state index is 14.1. The summed E-state index contributed by atoms with van der Waals surface area (Å²) >= 11 is 0. The molecule has 1 aliphatic heterocycles. The van der Waals surface area contributed by atoms with Crippen LogP contribution in [-0.4, -0.2) is 19.4 Å². The summed E-state index contributed by atoms with van der Waals surface area (Å²) in [6.45, 7) is 1.59. The first kappa shape index (κ1) is 19.1. The Labute approximate surface area is 146 Å². The molecule has 0 amide bonds. The van der Waals surface area contributed by atoms with Crippen LogP contribution in [0.5, 0.6) is 0 Å². The van der Waals surface area contributed by atoms with Crippen LogP contribution < -0.4 is 0 Å². The molecule has 1 heterocycles. The van der Waals surface area contributed by atoms with Crippen molar-refractivity contribution in [1.82, 2.24) is 0 Å². The van der Waals surface area contributed by atoms with Gasteiger partial charge in [0.15, 0.2) is 0 Å². The number of halogens is 6. The van der Waals surface area contributed by atoms with Crippen LogP contribution in [0.2, 0.25) is 0 Å². The number of rotatable bonds is 3. The molecule has 0 aromatic heterocycles. The first-order valence-corrected chi connectivity index (χ1v) is 9.89. The molecule has 0 spiro atoms. The highest BCUT2D eigenvalue weighted by Gasteiger charge is 2.64. The zero-order chi connectivity index (χ0) is 19.5. The number of aryl methyl sites for hydroxylation is 1. The smallest absolute Gasteiger partial charge is 0.196 e. The number of allylic oxidation sites excluding steroid dienone is 4. The fourth-order valence-corrected chi connectivity index (χ4v) is 7.01. The molecule has 0 radical (unpaired) electrons. The van der Waals surface area contributed by atoms with Crippen molar-refractivity contribution < 1.29 is 38.4 Å². The summed E-state index contributed by atoms with van der Waals surface area (Å²) < 4.78 is 108. The predicted octanol–water partition coefficient (Wildman–Crippen LogP) is 5.31. The largest absolute Gasteiger partial charge is 0.523 e. The molecule has 2 aliphatic rings. The molecule has 0 saturated carbocycles. The molecule has 3 nitrogen and oxygen atoms in total. The molecule has 1 aromatic carbocycles. The highest BCUT2D eigenvalue weighted by molar-refractivity contribution is 8.37. The Kier molecular flexibility index (Phi) is 4.13. The second-order valence-electron chi connectivity index (χ2n) is 5.50. The number of benzene rings is 1. The third-order valence-electron chi connectivity index (χ3n) is 3.71. The van der Waals surface area contributed by atoms with Gasteiger partial charge in [0, 0.05) is 20.1 Å². The Hall–Kier alpha value is -1.72. The summed E-state index contributed by atoms with van der Waals surface area (Å²) in [5.74, 6) is 0. The average Bonchev–Trinajstić information content (AvgIpc) is 2.69. The first-order valence-electron chi connectivity index (χ1n) is 6.93. The summed E-state index contributed by atoms with van der Waals surface area (Å²) in [5.41, 5.74) is -10.9. The van der Waals surface area contributed by atoms with Crippen LogP contribution in [0, 0.1) is 6.92 Å². The second-order valence-corrected chi connectivity index (χ2v) is 9.87. The van der Waals surface area contributed by atoms with Crippen LogP contribution in [0.15, 0.2) is 51.8 Å². The Morgan fingerprint density at radius 1 is 1.08 bits per heavy atom. The Morgan fingerprint density at radius 3 is 2.15 bits per heavy atom. The highest BCUT2D eigenvalue weighted by atomic mass is 32.3. The van der Waals surface area contributed by atoms with Crippen LogP contribution in [0.1, 0.15) is 11.1 Å². The van der Waals surface area contributed by atoms with Gasteiger partial charge in [-0.1, -0.05) is 35.9 Å². The number of hydrogen-bond acceptors (Lipinski definition) is 3. The van der Waals surface area contributed by atoms with Crippen LogP contribution in [0.4, 0.5) is 26.3 Å². The molecule has 1 unspecified atom stereocenters. The standard InChI is InChI=1S/C15H10F6O3S2/c1-9-5-6-12-11(7-9)8-13(10-3-2-4-10)25(12,14(16,17)18)24-26(22,23)15(19,20)21/h2-8H,1H3. The van der Waals surface area contributed by atoms with E-state index in [9.17, 15) is 34.8 Å². The molecule has 0 bridgehead atoms. The van der Waals surface area contributed by atoms with Crippen LogP contribution >= 0.6 is 10.3 Å². The van der Waals surface area contributed by atoms with Crippen molar-refractivity contribution in [2.75, 3.05) is 0 Å². The van der Waals surface area contributed by atoms with Gasteiger partial charge in [-0.2, -0.15) is 38.4 Å². The van der Waals surface area contributed by atoms with Gasteiger partial charge in [-0.3, -0.25) is 0 Å². The molecule has 26 heavy (non-hydrogen) atoms. The molecule has 11 heteroatoms.